The summed E-state index contributed by atoms with van der Waals surface area (Å²) in [5, 5.41) is 9.17. The molecular formula is C13H19NO4. The molecule has 0 aliphatic heterocycles. The number of carbonyl (C=O) groups is 1. The molecule has 0 radical (unpaired) electrons. The maximum Gasteiger partial charge on any atom is 0.341 e. The van der Waals surface area contributed by atoms with E-state index in [1.165, 1.54) is 6.07 Å². The minimum Gasteiger partial charge on any atom is -0.490 e. The number of pyridine rings is 1. The van der Waals surface area contributed by atoms with Crippen molar-refractivity contribution >= 4 is 5.97 Å². The zero-order chi connectivity index (χ0) is 13.9. The molecular weight excluding hydrogens is 234 g/mol. The topological polar surface area (TPSA) is 68.7 Å². The first-order valence-corrected chi connectivity index (χ1v) is 5.89. The van der Waals surface area contributed by atoms with Gasteiger partial charge in [0, 0.05) is 6.07 Å². The average molecular weight is 253 g/mol. The normalized spacial score (nSPS) is 10.8. The molecule has 1 rings (SSSR count). The summed E-state index contributed by atoms with van der Waals surface area (Å²) in [5.41, 5.74) is 0.469. The first-order chi connectivity index (χ1) is 8.31. The van der Waals surface area contributed by atoms with Gasteiger partial charge >= 0.3 is 5.97 Å². The highest BCUT2D eigenvalue weighted by Crippen LogP contribution is 2.27. The Bertz CT molecular complexity index is 441. The van der Waals surface area contributed by atoms with Crippen molar-refractivity contribution in [3.05, 3.63) is 17.3 Å². The van der Waals surface area contributed by atoms with Gasteiger partial charge in [-0.05, 0) is 34.6 Å². The Kier molecular flexibility index (Phi) is 4.53. The predicted octanol–water partition coefficient (Wildman–Crippen LogP) is 2.66. The van der Waals surface area contributed by atoms with E-state index in [4.69, 9.17) is 9.47 Å². The van der Waals surface area contributed by atoms with E-state index in [-0.39, 0.29) is 17.8 Å². The van der Waals surface area contributed by atoms with Gasteiger partial charge in [-0.2, -0.15) is 0 Å². The minimum atomic E-state index is -1.05. The Hall–Kier alpha value is -1.78. The molecule has 0 saturated carbocycles. The summed E-state index contributed by atoms with van der Waals surface area (Å²) >= 11 is 0. The molecule has 18 heavy (non-hydrogen) atoms. The number of ether oxygens (including phenoxy) is 2. The summed E-state index contributed by atoms with van der Waals surface area (Å²) in [5.74, 6) is -0.379. The number of aromatic carboxylic acids is 1. The molecule has 5 nitrogen and oxygen atoms in total. The molecule has 0 spiro atoms. The van der Waals surface area contributed by atoms with Crippen molar-refractivity contribution in [2.24, 2.45) is 0 Å². The molecule has 0 aromatic carbocycles. The van der Waals surface area contributed by atoms with Crippen molar-refractivity contribution in [2.75, 3.05) is 0 Å². The summed E-state index contributed by atoms with van der Waals surface area (Å²) in [4.78, 5) is 15.3. The highest BCUT2D eigenvalue weighted by molar-refractivity contribution is 5.92. The highest BCUT2D eigenvalue weighted by atomic mass is 16.5. The van der Waals surface area contributed by atoms with Crippen LogP contribution in [0.15, 0.2) is 6.07 Å². The van der Waals surface area contributed by atoms with E-state index in [0.29, 0.717) is 17.3 Å². The van der Waals surface area contributed by atoms with Crippen LogP contribution < -0.4 is 9.47 Å². The maximum atomic E-state index is 11.2. The van der Waals surface area contributed by atoms with Crippen LogP contribution in [0.2, 0.25) is 0 Å². The fourth-order valence-electron chi connectivity index (χ4n) is 1.52. The van der Waals surface area contributed by atoms with Gasteiger partial charge in [-0.1, -0.05) is 0 Å². The van der Waals surface area contributed by atoms with Crippen molar-refractivity contribution in [1.29, 1.82) is 0 Å². The molecule has 1 heterocycles. The van der Waals surface area contributed by atoms with E-state index in [1.807, 2.05) is 27.7 Å². The number of hydrogen-bond donors (Lipinski definition) is 1. The van der Waals surface area contributed by atoms with E-state index in [2.05, 4.69) is 4.98 Å². The number of aromatic nitrogens is 1. The van der Waals surface area contributed by atoms with E-state index in [0.717, 1.165) is 0 Å². The van der Waals surface area contributed by atoms with Crippen LogP contribution in [0.5, 0.6) is 11.6 Å². The van der Waals surface area contributed by atoms with Crippen molar-refractivity contribution in [3.8, 4) is 11.6 Å². The van der Waals surface area contributed by atoms with Crippen molar-refractivity contribution < 1.29 is 19.4 Å². The molecule has 0 atom stereocenters. The predicted molar refractivity (Wildman–Crippen MR) is 67.5 cm³/mol. The van der Waals surface area contributed by atoms with Crippen LogP contribution in [0.1, 0.15) is 43.7 Å². The lowest BCUT2D eigenvalue weighted by Gasteiger charge is -2.16. The van der Waals surface area contributed by atoms with Gasteiger partial charge < -0.3 is 14.6 Å². The Morgan fingerprint density at radius 2 is 1.78 bits per heavy atom. The summed E-state index contributed by atoms with van der Waals surface area (Å²) in [6.07, 6.45) is -0.142. The highest BCUT2D eigenvalue weighted by Gasteiger charge is 2.19. The van der Waals surface area contributed by atoms with E-state index < -0.39 is 5.97 Å². The molecule has 0 amide bonds. The van der Waals surface area contributed by atoms with Crippen LogP contribution in [0.4, 0.5) is 0 Å². The molecule has 0 aliphatic carbocycles. The van der Waals surface area contributed by atoms with Crippen LogP contribution >= 0.6 is 0 Å². The lowest BCUT2D eigenvalue weighted by atomic mass is 10.2. The first kappa shape index (κ1) is 14.3. The smallest absolute Gasteiger partial charge is 0.341 e. The molecule has 0 aliphatic rings. The molecule has 0 saturated heterocycles. The second kappa shape index (κ2) is 5.71. The van der Waals surface area contributed by atoms with Crippen LogP contribution in [0.3, 0.4) is 0 Å². The zero-order valence-corrected chi connectivity index (χ0v) is 11.4. The van der Waals surface area contributed by atoms with Crippen molar-refractivity contribution in [1.82, 2.24) is 4.98 Å². The Labute approximate surface area is 107 Å². The summed E-state index contributed by atoms with van der Waals surface area (Å²) in [7, 11) is 0. The monoisotopic (exact) mass is 253 g/mol. The van der Waals surface area contributed by atoms with Crippen LogP contribution in [0, 0.1) is 6.92 Å². The van der Waals surface area contributed by atoms with Crippen molar-refractivity contribution in [2.45, 2.75) is 46.8 Å². The lowest BCUT2D eigenvalue weighted by Crippen LogP contribution is -2.14. The number of nitrogens with zero attached hydrogens (tertiary/aromatic N) is 1. The Balaban J connectivity index is 3.23. The first-order valence-electron chi connectivity index (χ1n) is 5.89. The number of aryl methyl sites for hydroxylation is 1. The summed E-state index contributed by atoms with van der Waals surface area (Å²) in [6.45, 7) is 9.06. The quantitative estimate of drug-likeness (QED) is 0.873. The molecule has 100 valence electrons. The van der Waals surface area contributed by atoms with Crippen molar-refractivity contribution in [3.63, 3.8) is 0 Å². The third kappa shape index (κ3) is 3.61. The van der Waals surface area contributed by atoms with E-state index >= 15 is 0 Å². The second-order valence-electron chi connectivity index (χ2n) is 4.56. The molecule has 0 unspecified atom stereocenters. The standard InChI is InChI=1S/C13H19NO4/c1-7(2)17-10-6-11(18-8(3)4)14-9(5)12(10)13(15)16/h6-8H,1-5H3,(H,15,16). The fraction of sp³-hybridized carbons (Fsp3) is 0.538. The number of carboxylic acids is 1. The van der Waals surface area contributed by atoms with Gasteiger partial charge in [0.15, 0.2) is 0 Å². The largest absolute Gasteiger partial charge is 0.490 e. The Morgan fingerprint density at radius 3 is 2.22 bits per heavy atom. The zero-order valence-electron chi connectivity index (χ0n) is 11.4. The number of carboxylic acid groups (broad SMARTS) is 1. The number of hydrogen-bond acceptors (Lipinski definition) is 4. The van der Waals surface area contributed by atoms with Gasteiger partial charge in [-0.25, -0.2) is 9.78 Å². The van der Waals surface area contributed by atoms with Crippen LogP contribution in [-0.4, -0.2) is 28.3 Å². The third-order valence-corrected chi connectivity index (χ3v) is 2.07. The van der Waals surface area contributed by atoms with E-state index in [1.54, 1.807) is 6.92 Å². The second-order valence-corrected chi connectivity index (χ2v) is 4.56. The maximum absolute atomic E-state index is 11.2. The van der Waals surface area contributed by atoms with Gasteiger partial charge in [0.2, 0.25) is 5.88 Å². The van der Waals surface area contributed by atoms with Gasteiger partial charge in [0.25, 0.3) is 0 Å². The molecule has 1 aromatic rings. The third-order valence-electron chi connectivity index (χ3n) is 2.07. The summed E-state index contributed by atoms with van der Waals surface area (Å²) < 4.78 is 11.0. The average Bonchev–Trinajstić information content (AvgIpc) is 2.12. The molecule has 0 bridgehead atoms. The molecule has 1 aromatic heterocycles. The van der Waals surface area contributed by atoms with E-state index in [9.17, 15) is 9.90 Å². The SMILES string of the molecule is Cc1nc(OC(C)C)cc(OC(C)C)c1C(=O)O. The van der Waals surface area contributed by atoms with Gasteiger partial charge in [-0.15, -0.1) is 0 Å². The van der Waals surface area contributed by atoms with Gasteiger partial charge in [-0.3, -0.25) is 0 Å². The van der Waals surface area contributed by atoms with Gasteiger partial charge in [0.05, 0.1) is 17.9 Å². The Morgan fingerprint density at radius 1 is 1.22 bits per heavy atom. The van der Waals surface area contributed by atoms with Gasteiger partial charge in [0.1, 0.15) is 11.3 Å². The number of rotatable bonds is 5. The lowest BCUT2D eigenvalue weighted by molar-refractivity contribution is 0.0689. The van der Waals surface area contributed by atoms with Crippen LogP contribution in [0.25, 0.3) is 0 Å². The van der Waals surface area contributed by atoms with Crippen LogP contribution in [-0.2, 0) is 0 Å². The molecule has 0 fully saturated rings. The molecule has 5 heteroatoms. The fourth-order valence-corrected chi connectivity index (χ4v) is 1.52. The molecule has 1 N–H and O–H groups in total. The minimum absolute atomic E-state index is 0.0283. The summed E-state index contributed by atoms with van der Waals surface area (Å²) in [6, 6.07) is 1.52.